The van der Waals surface area contributed by atoms with E-state index in [1.54, 1.807) is 54.6 Å². The second-order valence-corrected chi connectivity index (χ2v) is 9.25. The molecule has 3 aromatic rings. The quantitative estimate of drug-likeness (QED) is 0.145. The molecule has 1 aliphatic heterocycles. The highest BCUT2D eigenvalue weighted by Gasteiger charge is 2.36. The maximum absolute atomic E-state index is 13.9. The molecule has 4 rings (SSSR count). The van der Waals surface area contributed by atoms with Crippen LogP contribution in [0, 0.1) is 0 Å². The van der Waals surface area contributed by atoms with Gasteiger partial charge in [0.15, 0.2) is 0 Å². The number of anilines is 1. The Kier molecular flexibility index (Phi) is 9.25. The van der Waals surface area contributed by atoms with Crippen molar-refractivity contribution < 1.29 is 43.7 Å². The number of aromatic hydroxyl groups is 1. The molecule has 13 nitrogen and oxygen atoms in total. The molecular formula is C30H26N4O9. The lowest BCUT2D eigenvalue weighted by molar-refractivity contribution is -0.138. The summed E-state index contributed by atoms with van der Waals surface area (Å²) in [7, 11) is 1.25. The third kappa shape index (κ3) is 6.73. The molecule has 0 radical (unpaired) electrons. The van der Waals surface area contributed by atoms with Crippen LogP contribution in [0.15, 0.2) is 77.8 Å². The summed E-state index contributed by atoms with van der Waals surface area (Å²) in [6.45, 7) is -0.676. The summed E-state index contributed by atoms with van der Waals surface area (Å²) in [5.74, 6) is -6.15. The minimum atomic E-state index is -1.72. The highest BCUT2D eigenvalue weighted by molar-refractivity contribution is 6.44. The number of phenolic OH excluding ortho intramolecular Hbond substituents is 1. The second-order valence-electron chi connectivity index (χ2n) is 9.25. The Hall–Kier alpha value is -5.85. The number of carboxylic acids is 1. The second kappa shape index (κ2) is 13.2. The van der Waals surface area contributed by atoms with E-state index in [9.17, 15) is 33.9 Å². The van der Waals surface area contributed by atoms with Crippen molar-refractivity contribution in [3.05, 3.63) is 89.5 Å². The third-order valence-electron chi connectivity index (χ3n) is 6.39. The van der Waals surface area contributed by atoms with E-state index in [1.807, 2.05) is 0 Å². The monoisotopic (exact) mass is 586 g/mol. The molecule has 0 aliphatic carbocycles. The van der Waals surface area contributed by atoms with Crippen molar-refractivity contribution >= 4 is 47.2 Å². The van der Waals surface area contributed by atoms with Crippen LogP contribution in [0.4, 0.5) is 5.69 Å². The fourth-order valence-corrected chi connectivity index (χ4v) is 4.45. The summed E-state index contributed by atoms with van der Waals surface area (Å²) < 4.78 is 5.10. The predicted molar refractivity (Wildman–Crippen MR) is 152 cm³/mol. The number of hydrogen-bond acceptors (Lipinski definition) is 9. The molecule has 3 amide bonds. The number of phenols is 1. The normalized spacial score (nSPS) is 14.8. The molecule has 13 heteroatoms. The number of ether oxygens (including phenoxy) is 1. The lowest BCUT2D eigenvalue weighted by Crippen LogP contribution is -2.52. The molecule has 220 valence electrons. The zero-order chi connectivity index (χ0) is 31.1. The Morgan fingerprint density at radius 3 is 2.40 bits per heavy atom. The number of methoxy groups -OCH3 is 1. The number of nitrogens with zero attached hydrogens (tertiary/aromatic N) is 2. The van der Waals surface area contributed by atoms with Crippen LogP contribution in [0.1, 0.15) is 27.9 Å². The number of hydrogen-bond donors (Lipinski definition) is 4. The number of carbonyl (C=O) groups is 6. The number of para-hydroxylation sites is 1. The highest BCUT2D eigenvalue weighted by atomic mass is 16.5. The molecule has 0 bridgehead atoms. The van der Waals surface area contributed by atoms with Crippen LogP contribution in [0.2, 0.25) is 0 Å². The van der Waals surface area contributed by atoms with Crippen LogP contribution >= 0.6 is 0 Å². The predicted octanol–water partition coefficient (Wildman–Crippen LogP) is 1.07. The Bertz CT molecular complexity index is 1620. The number of aliphatic carboxylic acids is 1. The number of rotatable bonds is 11. The molecule has 2 atom stereocenters. The first-order valence-corrected chi connectivity index (χ1v) is 12.9. The van der Waals surface area contributed by atoms with E-state index in [0.717, 1.165) is 4.90 Å². The summed E-state index contributed by atoms with van der Waals surface area (Å²) in [6, 6.07) is 17.8. The molecule has 0 saturated carbocycles. The number of fused-ring (bicyclic) bond motifs is 1. The molecule has 0 spiro atoms. The standard InChI is InChI=1S/C30H26N4O9/c1-43-22-13-7-12-21(36)25(22)27(40)29(41)33-28-30(42)34(15-23(37)31-18(16-35)14-24(38)39)20-11-6-5-10-19(20)26(32-28)17-8-3-2-4-9-17/h2-13,16,18,28,36H,14-15H2,1H3,(H,31,37)(H,33,41)(H,38,39)/t18-,28?/m0/s1. The molecule has 1 heterocycles. The van der Waals surface area contributed by atoms with Crippen LogP contribution in [0.5, 0.6) is 11.5 Å². The number of amides is 3. The van der Waals surface area contributed by atoms with Crippen molar-refractivity contribution in [3.8, 4) is 11.5 Å². The fraction of sp³-hybridized carbons (Fsp3) is 0.167. The lowest BCUT2D eigenvalue weighted by atomic mass is 10.0. The van der Waals surface area contributed by atoms with E-state index in [2.05, 4.69) is 15.6 Å². The number of aliphatic imine (C=N–C) groups is 1. The molecular weight excluding hydrogens is 560 g/mol. The van der Waals surface area contributed by atoms with Gasteiger partial charge in [-0.25, -0.2) is 4.99 Å². The molecule has 0 saturated heterocycles. The van der Waals surface area contributed by atoms with E-state index in [-0.39, 0.29) is 23.4 Å². The first kappa shape index (κ1) is 30.1. The van der Waals surface area contributed by atoms with Gasteiger partial charge in [-0.1, -0.05) is 54.6 Å². The Morgan fingerprint density at radius 2 is 1.72 bits per heavy atom. The number of Topliss-reactive ketones (excluding diaryl/α,β-unsaturated/α-hetero) is 1. The summed E-state index contributed by atoms with van der Waals surface area (Å²) in [5.41, 5.74) is 1.05. The Morgan fingerprint density at radius 1 is 1.02 bits per heavy atom. The Labute approximate surface area is 244 Å². The van der Waals surface area contributed by atoms with E-state index in [1.165, 1.54) is 25.3 Å². The maximum Gasteiger partial charge on any atom is 0.305 e. The first-order chi connectivity index (χ1) is 20.6. The van der Waals surface area contributed by atoms with Crippen LogP contribution in [-0.4, -0.2) is 77.5 Å². The average molecular weight is 587 g/mol. The number of carbonyl (C=O) groups excluding carboxylic acids is 5. The van der Waals surface area contributed by atoms with Crippen molar-refractivity contribution in [1.82, 2.24) is 10.6 Å². The van der Waals surface area contributed by atoms with Crippen LogP contribution in [0.3, 0.4) is 0 Å². The lowest BCUT2D eigenvalue weighted by Gasteiger charge is -2.25. The van der Waals surface area contributed by atoms with Gasteiger partial charge in [0.25, 0.3) is 17.6 Å². The minimum Gasteiger partial charge on any atom is -0.507 e. The summed E-state index contributed by atoms with van der Waals surface area (Å²) in [6.07, 6.45) is -2.12. The molecule has 4 N–H and O–H groups in total. The fourth-order valence-electron chi connectivity index (χ4n) is 4.45. The van der Waals surface area contributed by atoms with E-state index >= 15 is 0 Å². The summed E-state index contributed by atoms with van der Waals surface area (Å²) in [5, 5.41) is 23.8. The van der Waals surface area contributed by atoms with Gasteiger partial charge in [-0.15, -0.1) is 0 Å². The van der Waals surface area contributed by atoms with Gasteiger partial charge < -0.3 is 30.4 Å². The number of aldehydes is 1. The maximum atomic E-state index is 13.9. The van der Waals surface area contributed by atoms with Crippen LogP contribution in [-0.2, 0) is 24.0 Å². The van der Waals surface area contributed by atoms with Gasteiger partial charge in [-0.05, 0) is 18.2 Å². The number of nitrogens with one attached hydrogen (secondary N) is 2. The molecule has 3 aromatic carbocycles. The zero-order valence-corrected chi connectivity index (χ0v) is 22.7. The summed E-state index contributed by atoms with van der Waals surface area (Å²) >= 11 is 0. The van der Waals surface area contributed by atoms with Crippen molar-refractivity contribution in [1.29, 1.82) is 0 Å². The number of carboxylic acid groups (broad SMARTS) is 1. The highest BCUT2D eigenvalue weighted by Crippen LogP contribution is 2.30. The molecule has 1 unspecified atom stereocenters. The van der Waals surface area contributed by atoms with Gasteiger partial charge in [0.2, 0.25) is 12.1 Å². The number of benzene rings is 3. The van der Waals surface area contributed by atoms with E-state index in [0.29, 0.717) is 11.1 Å². The zero-order valence-electron chi connectivity index (χ0n) is 22.7. The minimum absolute atomic E-state index is 0.0717. The van der Waals surface area contributed by atoms with Crippen molar-refractivity contribution in [2.75, 3.05) is 18.6 Å². The molecule has 1 aliphatic rings. The summed E-state index contributed by atoms with van der Waals surface area (Å²) in [4.78, 5) is 81.0. The molecule has 43 heavy (non-hydrogen) atoms. The SMILES string of the molecule is COc1cccc(O)c1C(=O)C(=O)NC1N=C(c2ccccc2)c2ccccc2N(CC(=O)N[C@H](C=O)CC(=O)O)C1=O. The van der Waals surface area contributed by atoms with Crippen molar-refractivity contribution in [3.63, 3.8) is 0 Å². The van der Waals surface area contributed by atoms with Gasteiger partial charge in [0.05, 0.1) is 31.0 Å². The first-order valence-electron chi connectivity index (χ1n) is 12.9. The number of benzodiazepines with no additional fused rings is 1. The Balaban J connectivity index is 1.75. The third-order valence-corrected chi connectivity index (χ3v) is 6.39. The average Bonchev–Trinajstić information content (AvgIpc) is 3.11. The van der Waals surface area contributed by atoms with E-state index < -0.39 is 66.0 Å². The van der Waals surface area contributed by atoms with Gasteiger partial charge in [0.1, 0.15) is 29.9 Å². The topological polar surface area (TPSA) is 192 Å². The smallest absolute Gasteiger partial charge is 0.305 e. The van der Waals surface area contributed by atoms with Crippen LogP contribution in [0.25, 0.3) is 0 Å². The molecule has 0 aromatic heterocycles. The van der Waals surface area contributed by atoms with Crippen molar-refractivity contribution in [2.45, 2.75) is 18.6 Å². The van der Waals surface area contributed by atoms with E-state index in [4.69, 9.17) is 9.84 Å². The van der Waals surface area contributed by atoms with Gasteiger partial charge in [0, 0.05) is 11.1 Å². The van der Waals surface area contributed by atoms with Gasteiger partial charge >= 0.3 is 5.97 Å². The number of ketones is 1. The largest absolute Gasteiger partial charge is 0.507 e. The van der Waals surface area contributed by atoms with Crippen LogP contribution < -0.4 is 20.3 Å². The van der Waals surface area contributed by atoms with Gasteiger partial charge in [-0.3, -0.25) is 28.9 Å². The molecule has 0 fully saturated rings. The van der Waals surface area contributed by atoms with Gasteiger partial charge in [-0.2, -0.15) is 0 Å². The van der Waals surface area contributed by atoms with Crippen molar-refractivity contribution in [2.24, 2.45) is 4.99 Å².